The summed E-state index contributed by atoms with van der Waals surface area (Å²) >= 11 is 0. The molecule has 2 aliphatic carbocycles. The van der Waals surface area contributed by atoms with Gasteiger partial charge in [0.25, 0.3) is 0 Å². The lowest BCUT2D eigenvalue weighted by atomic mass is 9.72. The Bertz CT molecular complexity index is 1330. The molecule has 48 heavy (non-hydrogen) atoms. The quantitative estimate of drug-likeness (QED) is 0.130. The third-order valence-corrected chi connectivity index (χ3v) is 9.38. The van der Waals surface area contributed by atoms with Crippen molar-refractivity contribution < 1.29 is 19.1 Å². The summed E-state index contributed by atoms with van der Waals surface area (Å²) in [6.45, 7) is 22.3. The van der Waals surface area contributed by atoms with Crippen LogP contribution in [-0.2, 0) is 19.1 Å². The van der Waals surface area contributed by atoms with E-state index in [1.807, 2.05) is 50.3 Å². The maximum atomic E-state index is 12.1. The summed E-state index contributed by atoms with van der Waals surface area (Å²) in [5, 5.41) is 0. The highest BCUT2D eigenvalue weighted by molar-refractivity contribution is 5.77. The van der Waals surface area contributed by atoms with E-state index in [0.29, 0.717) is 0 Å². The molecule has 0 saturated carbocycles. The normalized spacial score (nSPS) is 19.8. The van der Waals surface area contributed by atoms with Gasteiger partial charge in [-0.25, -0.2) is 0 Å². The van der Waals surface area contributed by atoms with Gasteiger partial charge in [0.05, 0.1) is 12.8 Å². The van der Waals surface area contributed by atoms with Gasteiger partial charge in [-0.05, 0) is 114 Å². The molecular weight excluding hydrogens is 592 g/mol. The number of allylic oxidation sites excluding steroid dienone is 18. The molecule has 262 valence electrons. The fourth-order valence-corrected chi connectivity index (χ4v) is 6.28. The predicted octanol–water partition coefficient (Wildman–Crippen LogP) is 11.9. The molecular formula is C44H62O4. The van der Waals surface area contributed by atoms with Gasteiger partial charge in [0.15, 0.2) is 0 Å². The van der Waals surface area contributed by atoms with Gasteiger partial charge < -0.3 is 9.47 Å². The minimum Gasteiger partial charge on any atom is -0.461 e. The van der Waals surface area contributed by atoms with Crippen LogP contribution in [0.5, 0.6) is 0 Å². The van der Waals surface area contributed by atoms with Gasteiger partial charge in [0, 0.05) is 0 Å². The molecule has 0 aromatic carbocycles. The number of hydrogen-bond acceptors (Lipinski definition) is 4. The number of rotatable bonds is 15. The number of carbonyl (C=O) groups is 2. The van der Waals surface area contributed by atoms with Gasteiger partial charge in [-0.3, -0.25) is 9.59 Å². The molecule has 0 unspecified atom stereocenters. The van der Waals surface area contributed by atoms with E-state index in [1.54, 1.807) is 0 Å². The highest BCUT2D eigenvalue weighted by Crippen LogP contribution is 2.41. The molecule has 0 spiro atoms. The highest BCUT2D eigenvalue weighted by atomic mass is 16.5. The molecule has 0 N–H and O–H groups in total. The topological polar surface area (TPSA) is 52.6 Å². The van der Waals surface area contributed by atoms with E-state index < -0.39 is 11.9 Å². The molecule has 0 fully saturated rings. The number of esters is 2. The molecule has 2 rings (SSSR count). The van der Waals surface area contributed by atoms with Crippen LogP contribution in [-0.4, -0.2) is 25.2 Å². The van der Waals surface area contributed by atoms with E-state index in [-0.39, 0.29) is 36.9 Å². The zero-order valence-corrected chi connectivity index (χ0v) is 31.6. The van der Waals surface area contributed by atoms with Crippen LogP contribution in [0.25, 0.3) is 0 Å². The Kier molecular flexibility index (Phi) is 16.9. The van der Waals surface area contributed by atoms with Crippen molar-refractivity contribution in [3.63, 3.8) is 0 Å². The minimum absolute atomic E-state index is 0.00363. The third-order valence-electron chi connectivity index (χ3n) is 9.38. The Hall–Kier alpha value is -3.66. The van der Waals surface area contributed by atoms with Crippen molar-refractivity contribution in [2.24, 2.45) is 10.8 Å². The summed E-state index contributed by atoms with van der Waals surface area (Å²) < 4.78 is 10.6. The molecule has 0 bridgehead atoms. The van der Waals surface area contributed by atoms with Crippen LogP contribution in [0.3, 0.4) is 0 Å². The molecule has 2 aliphatic rings. The average molecular weight is 655 g/mol. The van der Waals surface area contributed by atoms with Crippen molar-refractivity contribution in [2.45, 2.75) is 121 Å². The Morgan fingerprint density at radius 2 is 0.979 bits per heavy atom. The largest absolute Gasteiger partial charge is 0.461 e. The smallest absolute Gasteiger partial charge is 0.306 e. The van der Waals surface area contributed by atoms with Gasteiger partial charge in [-0.2, -0.15) is 0 Å². The van der Waals surface area contributed by atoms with Crippen molar-refractivity contribution in [1.82, 2.24) is 0 Å². The van der Waals surface area contributed by atoms with Crippen LogP contribution in [0.1, 0.15) is 121 Å². The van der Waals surface area contributed by atoms with Crippen molar-refractivity contribution in [3.8, 4) is 0 Å². The lowest BCUT2D eigenvalue weighted by molar-refractivity contribution is -0.149. The van der Waals surface area contributed by atoms with Crippen LogP contribution < -0.4 is 0 Å². The maximum Gasteiger partial charge on any atom is 0.306 e. The number of carbonyl (C=O) groups excluding carboxylic acids is 2. The molecule has 0 aromatic rings. The summed E-state index contributed by atoms with van der Waals surface area (Å²) in [6.07, 6.45) is 32.2. The van der Waals surface area contributed by atoms with Gasteiger partial charge >= 0.3 is 11.9 Å². The highest BCUT2D eigenvalue weighted by Gasteiger charge is 2.27. The van der Waals surface area contributed by atoms with E-state index in [0.717, 1.165) is 11.1 Å². The summed E-state index contributed by atoms with van der Waals surface area (Å²) in [5.74, 6) is -0.832. The third kappa shape index (κ3) is 15.0. The number of ether oxygens (including phenoxy) is 2. The molecule has 0 atom stereocenters. The van der Waals surface area contributed by atoms with Crippen LogP contribution in [0.2, 0.25) is 0 Å². The van der Waals surface area contributed by atoms with Crippen molar-refractivity contribution in [1.29, 1.82) is 0 Å². The summed E-state index contributed by atoms with van der Waals surface area (Å²) in [6, 6.07) is 0. The molecule has 4 nitrogen and oxygen atoms in total. The van der Waals surface area contributed by atoms with E-state index in [4.69, 9.17) is 9.47 Å². The predicted molar refractivity (Wildman–Crippen MR) is 203 cm³/mol. The molecule has 0 aliphatic heterocycles. The van der Waals surface area contributed by atoms with Gasteiger partial charge in [0.2, 0.25) is 0 Å². The van der Waals surface area contributed by atoms with E-state index >= 15 is 0 Å². The lowest BCUT2D eigenvalue weighted by Crippen LogP contribution is -2.19. The van der Waals surface area contributed by atoms with Crippen molar-refractivity contribution in [3.05, 3.63) is 117 Å². The first kappa shape index (κ1) is 40.5. The van der Waals surface area contributed by atoms with Gasteiger partial charge in [-0.15, -0.1) is 0 Å². The van der Waals surface area contributed by atoms with Crippen LogP contribution in [0, 0.1) is 10.8 Å². The molecule has 4 heteroatoms. The molecule has 0 heterocycles. The average Bonchev–Trinajstić information content (AvgIpc) is 2.99. The fraction of sp³-hybridized carbons (Fsp3) is 0.500. The van der Waals surface area contributed by atoms with E-state index in [1.165, 1.54) is 72.0 Å². The number of hydrogen-bond donors (Lipinski definition) is 0. The Labute approximate surface area is 292 Å². The summed E-state index contributed by atoms with van der Waals surface area (Å²) in [5.41, 5.74) is 10.7. The fourth-order valence-electron chi connectivity index (χ4n) is 6.28. The Balaban J connectivity index is 1.69. The zero-order chi connectivity index (χ0) is 35.7. The SMILES string of the molecule is CC1=C(/C=C/C(C)=C/C=C/C(C)=C/COC(=O)CCC(=O)OC/C=C(C)/C=C/C=C(C)/C=C/C2=C(C)CCCC2(C)C)C(C)(C)CCC1. The monoisotopic (exact) mass is 654 g/mol. The first-order valence-corrected chi connectivity index (χ1v) is 17.7. The lowest BCUT2D eigenvalue weighted by Gasteiger charge is -2.33. The second-order valence-corrected chi connectivity index (χ2v) is 14.8. The Morgan fingerprint density at radius 1 is 0.604 bits per heavy atom. The first-order valence-electron chi connectivity index (χ1n) is 17.7. The van der Waals surface area contributed by atoms with Crippen molar-refractivity contribution >= 4 is 11.9 Å². The van der Waals surface area contributed by atoms with Crippen molar-refractivity contribution in [2.75, 3.05) is 13.2 Å². The summed E-state index contributed by atoms with van der Waals surface area (Å²) in [4.78, 5) is 24.2. The van der Waals surface area contributed by atoms with E-state index in [2.05, 4.69) is 91.8 Å². The minimum atomic E-state index is -0.416. The van der Waals surface area contributed by atoms with Gasteiger partial charge in [-0.1, -0.05) is 122 Å². The van der Waals surface area contributed by atoms with Gasteiger partial charge in [0.1, 0.15) is 13.2 Å². The second kappa shape index (κ2) is 20.0. The molecule has 0 radical (unpaired) electrons. The zero-order valence-electron chi connectivity index (χ0n) is 31.6. The molecule has 0 amide bonds. The second-order valence-electron chi connectivity index (χ2n) is 14.8. The van der Waals surface area contributed by atoms with Crippen LogP contribution >= 0.6 is 0 Å². The standard InChI is InChI=1S/C44H62O4/c1-33(21-23-39-37(5)19-13-29-43(39,7)8)15-11-17-35(3)27-31-47-41(45)25-26-42(46)48-32-28-36(4)18-12-16-34(2)22-24-40-38(6)20-14-30-44(40,9)10/h11-12,15-18,21-24,27-28H,13-14,19-20,25-26,29-32H2,1-10H3/b17-11+,18-12+,23-21+,24-22+,33-15+,34-16+,35-27+,36-28+. The maximum absolute atomic E-state index is 12.1. The molecule has 0 saturated heterocycles. The van der Waals surface area contributed by atoms with E-state index in [9.17, 15) is 9.59 Å². The molecule has 0 aromatic heterocycles. The summed E-state index contributed by atoms with van der Waals surface area (Å²) in [7, 11) is 0. The Morgan fingerprint density at radius 3 is 1.33 bits per heavy atom. The first-order chi connectivity index (χ1) is 22.6. The van der Waals surface area contributed by atoms with Crippen LogP contribution in [0.15, 0.2) is 117 Å². The van der Waals surface area contributed by atoms with Crippen LogP contribution in [0.4, 0.5) is 0 Å².